The molecule has 2 aliphatic rings. The quantitative estimate of drug-likeness (QED) is 0.431. The molecular weight excluding hydrogens is 415 g/mol. The number of hydrogen-bond donors (Lipinski definition) is 1. The Morgan fingerprint density at radius 2 is 1.92 bits per heavy atom. The van der Waals surface area contributed by atoms with Crippen LogP contribution in [-0.2, 0) is 13.6 Å². The Morgan fingerprint density at radius 1 is 1.21 bits per heavy atom. The fourth-order valence-corrected chi connectivity index (χ4v) is 4.25. The molecule has 1 saturated heterocycles. The van der Waals surface area contributed by atoms with E-state index in [1.54, 1.807) is 6.33 Å². The Morgan fingerprint density at radius 3 is 2.54 bits per heavy atom. The van der Waals surface area contributed by atoms with Crippen LogP contribution in [0.5, 0.6) is 0 Å². The van der Waals surface area contributed by atoms with Gasteiger partial charge in [-0.05, 0) is 31.1 Å². The Hall–Kier alpha value is -0.860. The van der Waals surface area contributed by atoms with Crippen molar-refractivity contribution in [2.24, 2.45) is 17.5 Å². The number of likely N-dealkylation sites (tertiary alicyclic amines) is 1. The SMILES string of the molecule is CN=C(NCc1ncnn1C)N1CCCC2(CCCCCC2)C1.I. The topological polar surface area (TPSA) is 58.3 Å². The van der Waals surface area contributed by atoms with Crippen LogP contribution >= 0.6 is 24.0 Å². The summed E-state index contributed by atoms with van der Waals surface area (Å²) in [6, 6.07) is 0. The Kier molecular flexibility index (Phi) is 7.31. The van der Waals surface area contributed by atoms with E-state index in [2.05, 4.69) is 25.3 Å². The number of nitrogens with one attached hydrogen (secondary N) is 1. The van der Waals surface area contributed by atoms with E-state index in [1.807, 2.05) is 18.8 Å². The first-order chi connectivity index (χ1) is 11.2. The first-order valence-corrected chi connectivity index (χ1v) is 9.01. The van der Waals surface area contributed by atoms with E-state index in [-0.39, 0.29) is 24.0 Å². The number of halogens is 1. The lowest BCUT2D eigenvalue weighted by Gasteiger charge is -2.44. The summed E-state index contributed by atoms with van der Waals surface area (Å²) in [6.07, 6.45) is 12.7. The predicted molar refractivity (Wildman–Crippen MR) is 108 cm³/mol. The molecule has 24 heavy (non-hydrogen) atoms. The molecule has 6 nitrogen and oxygen atoms in total. The van der Waals surface area contributed by atoms with E-state index in [4.69, 9.17) is 0 Å². The second-order valence-corrected chi connectivity index (χ2v) is 7.14. The molecule has 2 fully saturated rings. The molecule has 0 bridgehead atoms. The van der Waals surface area contributed by atoms with Gasteiger partial charge in [-0.1, -0.05) is 25.7 Å². The van der Waals surface area contributed by atoms with Gasteiger partial charge in [-0.15, -0.1) is 24.0 Å². The van der Waals surface area contributed by atoms with Gasteiger partial charge in [-0.3, -0.25) is 9.67 Å². The summed E-state index contributed by atoms with van der Waals surface area (Å²) in [6.45, 7) is 2.94. The van der Waals surface area contributed by atoms with Gasteiger partial charge in [-0.2, -0.15) is 5.10 Å². The monoisotopic (exact) mass is 446 g/mol. The van der Waals surface area contributed by atoms with Crippen molar-refractivity contribution in [3.05, 3.63) is 12.2 Å². The van der Waals surface area contributed by atoms with Crippen LogP contribution in [0.25, 0.3) is 0 Å². The van der Waals surface area contributed by atoms with Gasteiger partial charge in [0.2, 0.25) is 0 Å². The van der Waals surface area contributed by atoms with Crippen LogP contribution in [0.2, 0.25) is 0 Å². The first kappa shape index (κ1) is 19.5. The summed E-state index contributed by atoms with van der Waals surface area (Å²) in [5, 5.41) is 7.60. The molecule has 1 aliphatic carbocycles. The van der Waals surface area contributed by atoms with E-state index in [0.29, 0.717) is 12.0 Å². The van der Waals surface area contributed by atoms with Gasteiger partial charge in [-0.25, -0.2) is 4.98 Å². The van der Waals surface area contributed by atoms with E-state index in [1.165, 1.54) is 51.4 Å². The predicted octanol–water partition coefficient (Wildman–Crippen LogP) is 2.94. The molecule has 7 heteroatoms. The summed E-state index contributed by atoms with van der Waals surface area (Å²) < 4.78 is 1.81. The second kappa shape index (κ2) is 9.01. The van der Waals surface area contributed by atoms with Crippen LogP contribution in [0.4, 0.5) is 0 Å². The Balaban J connectivity index is 0.00000208. The Labute approximate surface area is 162 Å². The van der Waals surface area contributed by atoms with Crippen molar-refractivity contribution in [3.8, 4) is 0 Å². The van der Waals surface area contributed by atoms with Gasteiger partial charge in [0.1, 0.15) is 12.2 Å². The van der Waals surface area contributed by atoms with Crippen molar-refractivity contribution in [2.75, 3.05) is 20.1 Å². The molecule has 136 valence electrons. The molecular formula is C17H31IN6. The standard InChI is InChI=1S/C17H30N6.HI/c1-18-16(19-12-15-20-14-21-22(15)2)23-11-7-10-17(13-23)8-5-3-4-6-9-17;/h14H,3-13H2,1-2H3,(H,18,19);1H. The molecule has 2 heterocycles. The van der Waals surface area contributed by atoms with Crippen molar-refractivity contribution in [1.29, 1.82) is 0 Å². The van der Waals surface area contributed by atoms with E-state index >= 15 is 0 Å². The highest BCUT2D eigenvalue weighted by atomic mass is 127. The zero-order valence-corrected chi connectivity index (χ0v) is 17.3. The third kappa shape index (κ3) is 4.61. The number of nitrogens with zero attached hydrogens (tertiary/aromatic N) is 5. The number of aryl methyl sites for hydroxylation is 1. The summed E-state index contributed by atoms with van der Waals surface area (Å²) in [7, 11) is 3.81. The lowest BCUT2D eigenvalue weighted by atomic mass is 9.74. The Bertz CT molecular complexity index is 533. The van der Waals surface area contributed by atoms with Gasteiger partial charge in [0.15, 0.2) is 5.96 Å². The van der Waals surface area contributed by atoms with Gasteiger partial charge in [0, 0.05) is 27.2 Å². The van der Waals surface area contributed by atoms with E-state index < -0.39 is 0 Å². The smallest absolute Gasteiger partial charge is 0.194 e. The average Bonchev–Trinajstić information content (AvgIpc) is 2.84. The summed E-state index contributed by atoms with van der Waals surface area (Å²) in [5.74, 6) is 1.95. The molecule has 1 N–H and O–H groups in total. The molecule has 0 amide bonds. The maximum Gasteiger partial charge on any atom is 0.194 e. The molecule has 1 aromatic rings. The molecule has 0 aromatic carbocycles. The van der Waals surface area contributed by atoms with Crippen LogP contribution < -0.4 is 5.32 Å². The average molecular weight is 446 g/mol. The fraction of sp³-hybridized carbons (Fsp3) is 0.824. The number of aliphatic imine (C=N–C) groups is 1. The highest BCUT2D eigenvalue weighted by Crippen LogP contribution is 2.42. The number of guanidine groups is 1. The third-order valence-electron chi connectivity index (χ3n) is 5.55. The number of aromatic nitrogens is 3. The minimum Gasteiger partial charge on any atom is -0.349 e. The maximum atomic E-state index is 4.52. The van der Waals surface area contributed by atoms with Gasteiger partial charge in [0.25, 0.3) is 0 Å². The molecule has 3 rings (SSSR count). The van der Waals surface area contributed by atoms with Crippen LogP contribution in [0.3, 0.4) is 0 Å². The first-order valence-electron chi connectivity index (χ1n) is 9.01. The van der Waals surface area contributed by atoms with Crippen molar-refractivity contribution >= 4 is 29.9 Å². The molecule has 0 unspecified atom stereocenters. The molecule has 1 aromatic heterocycles. The largest absolute Gasteiger partial charge is 0.349 e. The summed E-state index contributed by atoms with van der Waals surface area (Å²) >= 11 is 0. The third-order valence-corrected chi connectivity index (χ3v) is 5.55. The number of hydrogen-bond acceptors (Lipinski definition) is 3. The maximum absolute atomic E-state index is 4.52. The zero-order valence-electron chi connectivity index (χ0n) is 15.0. The van der Waals surface area contributed by atoms with E-state index in [0.717, 1.165) is 24.9 Å². The van der Waals surface area contributed by atoms with Crippen molar-refractivity contribution in [3.63, 3.8) is 0 Å². The summed E-state index contributed by atoms with van der Waals surface area (Å²) in [4.78, 5) is 11.3. The normalized spacial score (nSPS) is 21.2. The number of piperidine rings is 1. The minimum absolute atomic E-state index is 0. The number of rotatable bonds is 2. The van der Waals surface area contributed by atoms with Gasteiger partial charge >= 0.3 is 0 Å². The molecule has 0 radical (unpaired) electrons. The van der Waals surface area contributed by atoms with Crippen LogP contribution in [0, 0.1) is 5.41 Å². The summed E-state index contributed by atoms with van der Waals surface area (Å²) in [5.41, 5.74) is 0.525. The zero-order chi connectivity index (χ0) is 16.1. The van der Waals surface area contributed by atoms with E-state index in [9.17, 15) is 0 Å². The molecule has 1 saturated carbocycles. The van der Waals surface area contributed by atoms with Crippen LogP contribution in [0.15, 0.2) is 11.3 Å². The highest BCUT2D eigenvalue weighted by molar-refractivity contribution is 14.0. The van der Waals surface area contributed by atoms with Gasteiger partial charge in [0.05, 0.1) is 6.54 Å². The van der Waals surface area contributed by atoms with Crippen molar-refractivity contribution in [1.82, 2.24) is 25.0 Å². The molecule has 0 atom stereocenters. The second-order valence-electron chi connectivity index (χ2n) is 7.14. The lowest BCUT2D eigenvalue weighted by Crippen LogP contribution is -2.50. The van der Waals surface area contributed by atoms with Crippen molar-refractivity contribution in [2.45, 2.75) is 57.9 Å². The molecule has 1 aliphatic heterocycles. The van der Waals surface area contributed by atoms with Crippen molar-refractivity contribution < 1.29 is 0 Å². The molecule has 1 spiro atoms. The van der Waals surface area contributed by atoms with Crippen LogP contribution in [-0.4, -0.2) is 45.8 Å². The highest BCUT2D eigenvalue weighted by Gasteiger charge is 2.36. The lowest BCUT2D eigenvalue weighted by molar-refractivity contribution is 0.115. The minimum atomic E-state index is 0. The van der Waals surface area contributed by atoms with Gasteiger partial charge < -0.3 is 10.2 Å². The van der Waals surface area contributed by atoms with Crippen LogP contribution in [0.1, 0.15) is 57.2 Å². The fourth-order valence-electron chi connectivity index (χ4n) is 4.25.